The van der Waals surface area contributed by atoms with E-state index >= 15 is 0 Å². The van der Waals surface area contributed by atoms with E-state index in [2.05, 4.69) is 13.8 Å². The van der Waals surface area contributed by atoms with Crippen LogP contribution in [-0.2, 0) is 9.30 Å². The van der Waals surface area contributed by atoms with Gasteiger partial charge in [0.2, 0.25) is 0 Å². The van der Waals surface area contributed by atoms with E-state index in [0.717, 1.165) is 13.2 Å². The first-order chi connectivity index (χ1) is 20.1. The molecule has 0 spiro atoms. The maximum Gasteiger partial charge on any atom is 0.314 e. The van der Waals surface area contributed by atoms with Gasteiger partial charge in [0, 0.05) is 13.2 Å². The van der Waals surface area contributed by atoms with Gasteiger partial charge in [0.05, 0.1) is 0 Å². The molecular weight excluding hydrogens is 527 g/mol. The predicted octanol–water partition coefficient (Wildman–Crippen LogP) is 12.9. The second-order valence-corrected chi connectivity index (χ2v) is 13.1. The van der Waals surface area contributed by atoms with E-state index in [0.29, 0.717) is 0 Å². The van der Waals surface area contributed by atoms with Crippen molar-refractivity contribution in [3.63, 3.8) is 0 Å². The first-order valence-corrected chi connectivity index (χ1v) is 19.9. The zero-order chi connectivity index (χ0) is 30.3. The van der Waals surface area contributed by atoms with Crippen LogP contribution in [0.2, 0.25) is 0 Å². The van der Waals surface area contributed by atoms with Gasteiger partial charge in [-0.2, -0.15) is 0 Å². The van der Waals surface area contributed by atoms with Crippen molar-refractivity contribution in [2.24, 2.45) is 0 Å². The molecule has 0 radical (unpaired) electrons. The Morgan fingerprint density at radius 1 is 0.341 bits per heavy atom. The Bertz CT molecular complexity index is 423. The Hall–Kier alpha value is 0.110. The number of hydrogen-bond acceptors (Lipinski definition) is 2. The molecule has 250 valence electrons. The summed E-state index contributed by atoms with van der Waals surface area (Å²) in [5, 5.41) is 0. The molecule has 0 aliphatic heterocycles. The van der Waals surface area contributed by atoms with Crippen LogP contribution in [0.1, 0.15) is 219 Å². The monoisotopic (exact) mass is 605 g/mol. The summed E-state index contributed by atoms with van der Waals surface area (Å²) < 4.78 is 14.6. The van der Waals surface area contributed by atoms with Gasteiger partial charge >= 0.3 is 8.25 Å². The van der Waals surface area contributed by atoms with Gasteiger partial charge in [-0.15, -0.1) is 0 Å². The van der Waals surface area contributed by atoms with Crippen LogP contribution >= 0.6 is 8.25 Å². The minimum Gasteiger partial charge on any atom is -0.381 e. The molecule has 41 heavy (non-hydrogen) atoms. The molecule has 0 amide bonds. The lowest BCUT2D eigenvalue weighted by atomic mass is 10.0. The van der Waals surface area contributed by atoms with Crippen molar-refractivity contribution in [2.75, 3.05) is 13.2 Å². The summed E-state index contributed by atoms with van der Waals surface area (Å²) in [6, 6.07) is 0. The lowest BCUT2D eigenvalue weighted by Crippen LogP contribution is -1.97. The Labute approximate surface area is 259 Å². The third-order valence-electron chi connectivity index (χ3n) is 8.28. The molecule has 0 rings (SSSR count). The first kappa shape index (κ1) is 43.2. The minimum atomic E-state index is -3.13. The van der Waals surface area contributed by atoms with E-state index in [1.54, 1.807) is 0 Å². The van der Waals surface area contributed by atoms with Crippen molar-refractivity contribution >= 4 is 8.25 Å². The lowest BCUT2D eigenvalue weighted by molar-refractivity contribution is 0.125. The summed E-state index contributed by atoms with van der Waals surface area (Å²) in [6.45, 7) is 6.60. The van der Waals surface area contributed by atoms with Crippen LogP contribution in [-0.4, -0.2) is 23.0 Å². The maximum atomic E-state index is 8.74. The number of unbranched alkanes of at least 4 members (excludes halogenated alkanes) is 30. The summed E-state index contributed by atoms with van der Waals surface area (Å²) in [5.41, 5.74) is 0. The molecule has 0 saturated carbocycles. The fourth-order valence-corrected chi connectivity index (χ4v) is 5.61. The Morgan fingerprint density at radius 2 is 0.488 bits per heavy atom. The number of ether oxygens (including phenoxy) is 1. The summed E-state index contributed by atoms with van der Waals surface area (Å²) >= 11 is 0. The number of hydrogen-bond donors (Lipinski definition) is 2. The third-order valence-corrected chi connectivity index (χ3v) is 8.28. The Morgan fingerprint density at radius 3 is 0.659 bits per heavy atom. The highest BCUT2D eigenvalue weighted by Crippen LogP contribution is 2.15. The van der Waals surface area contributed by atoms with Gasteiger partial charge in [0.25, 0.3) is 0 Å². The molecule has 0 fully saturated rings. The van der Waals surface area contributed by atoms with Crippen LogP contribution in [0.15, 0.2) is 0 Å². The van der Waals surface area contributed by atoms with Gasteiger partial charge in [0.15, 0.2) is 0 Å². The summed E-state index contributed by atoms with van der Waals surface area (Å²) in [6.07, 6.45) is 46.0. The minimum absolute atomic E-state index is 0.997. The van der Waals surface area contributed by atoms with Crippen molar-refractivity contribution in [1.82, 2.24) is 0 Å². The molecule has 0 aromatic rings. The molecule has 0 aromatic heterocycles. The fraction of sp³-hybridized carbons (Fsp3) is 1.00. The van der Waals surface area contributed by atoms with E-state index in [4.69, 9.17) is 19.1 Å². The van der Waals surface area contributed by atoms with Gasteiger partial charge in [0.1, 0.15) is 0 Å². The SMILES string of the molecule is CCCCCCCCCCCCCCCCCCOCCCCCCCCCCCCCCCCCC.O=[PH](O)O. The smallest absolute Gasteiger partial charge is 0.314 e. The van der Waals surface area contributed by atoms with Gasteiger partial charge in [-0.1, -0.05) is 206 Å². The maximum absolute atomic E-state index is 8.74. The second-order valence-electron chi connectivity index (χ2n) is 12.5. The van der Waals surface area contributed by atoms with E-state index in [1.165, 1.54) is 205 Å². The van der Waals surface area contributed by atoms with Crippen molar-refractivity contribution in [3.05, 3.63) is 0 Å². The van der Waals surface area contributed by atoms with Crippen molar-refractivity contribution in [1.29, 1.82) is 0 Å². The number of rotatable bonds is 34. The summed E-state index contributed by atoms with van der Waals surface area (Å²) in [4.78, 5) is 14.3. The average molecular weight is 605 g/mol. The van der Waals surface area contributed by atoms with Crippen LogP contribution < -0.4 is 0 Å². The highest BCUT2D eigenvalue weighted by atomic mass is 31.1. The van der Waals surface area contributed by atoms with Crippen LogP contribution in [0.3, 0.4) is 0 Å². The summed E-state index contributed by atoms with van der Waals surface area (Å²) in [7, 11) is -3.13. The van der Waals surface area contributed by atoms with E-state index in [-0.39, 0.29) is 0 Å². The largest absolute Gasteiger partial charge is 0.381 e. The molecular formula is C36H77O4P. The zero-order valence-corrected chi connectivity index (χ0v) is 29.3. The van der Waals surface area contributed by atoms with Crippen LogP contribution in [0.25, 0.3) is 0 Å². The Kier molecular flexibility index (Phi) is 44.5. The van der Waals surface area contributed by atoms with E-state index < -0.39 is 8.25 Å². The molecule has 0 unspecified atom stereocenters. The Balaban J connectivity index is 0. The standard InChI is InChI=1S/C36H74O.H3O3P/c1-3-5-7-9-11-13-15-17-19-21-23-25-27-29-31-33-35-37-36-34-32-30-28-26-24-22-20-18-16-14-12-10-8-6-4-2;1-4(2)3/h3-36H2,1-2H3;4H,(H2,1,2,3). The second kappa shape index (κ2) is 42.2. The highest BCUT2D eigenvalue weighted by molar-refractivity contribution is 7.30. The summed E-state index contributed by atoms with van der Waals surface area (Å²) in [5.74, 6) is 0. The molecule has 0 aromatic carbocycles. The van der Waals surface area contributed by atoms with Crippen LogP contribution in [0, 0.1) is 0 Å². The molecule has 0 heterocycles. The van der Waals surface area contributed by atoms with E-state index in [9.17, 15) is 0 Å². The first-order valence-electron chi connectivity index (χ1n) is 18.6. The van der Waals surface area contributed by atoms with Crippen LogP contribution in [0.5, 0.6) is 0 Å². The molecule has 4 nitrogen and oxygen atoms in total. The lowest BCUT2D eigenvalue weighted by Gasteiger charge is -2.06. The van der Waals surface area contributed by atoms with Crippen LogP contribution in [0.4, 0.5) is 0 Å². The van der Waals surface area contributed by atoms with Gasteiger partial charge in [-0.05, 0) is 12.8 Å². The molecule has 5 heteroatoms. The molecule has 2 N–H and O–H groups in total. The van der Waals surface area contributed by atoms with Gasteiger partial charge < -0.3 is 14.5 Å². The predicted molar refractivity (Wildman–Crippen MR) is 183 cm³/mol. The van der Waals surface area contributed by atoms with E-state index in [1.807, 2.05) is 0 Å². The molecule has 0 aliphatic carbocycles. The third kappa shape index (κ3) is 50.1. The molecule has 0 atom stereocenters. The average Bonchev–Trinajstić information content (AvgIpc) is 2.95. The topological polar surface area (TPSA) is 66.8 Å². The molecule has 0 aliphatic rings. The van der Waals surface area contributed by atoms with Gasteiger partial charge in [-0.25, -0.2) is 0 Å². The fourth-order valence-electron chi connectivity index (χ4n) is 5.61. The zero-order valence-electron chi connectivity index (χ0n) is 28.3. The quantitative estimate of drug-likeness (QED) is 0.0566. The normalized spacial score (nSPS) is 11.2. The van der Waals surface area contributed by atoms with Crippen molar-refractivity contribution in [3.8, 4) is 0 Å². The van der Waals surface area contributed by atoms with Crippen molar-refractivity contribution < 1.29 is 19.1 Å². The molecule has 0 bridgehead atoms. The highest BCUT2D eigenvalue weighted by Gasteiger charge is 1.97. The van der Waals surface area contributed by atoms with Gasteiger partial charge in [-0.3, -0.25) is 4.57 Å². The molecule has 0 saturated heterocycles. The van der Waals surface area contributed by atoms with Crippen molar-refractivity contribution in [2.45, 2.75) is 219 Å².